The lowest BCUT2D eigenvalue weighted by Crippen LogP contribution is -2.38. The zero-order chi connectivity index (χ0) is 17.3. The summed E-state index contributed by atoms with van der Waals surface area (Å²) in [4.78, 5) is 47.9. The first-order valence-corrected chi connectivity index (χ1v) is 6.81. The van der Waals surface area contributed by atoms with Crippen LogP contribution < -0.4 is 5.32 Å². The first-order chi connectivity index (χ1) is 10.7. The number of aryl methyl sites for hydroxylation is 2. The fourth-order valence-corrected chi connectivity index (χ4v) is 2.21. The highest BCUT2D eigenvalue weighted by Crippen LogP contribution is 2.28. The third-order valence-electron chi connectivity index (χ3n) is 3.62. The van der Waals surface area contributed by atoms with Crippen LogP contribution in [0.1, 0.15) is 11.1 Å². The van der Waals surface area contributed by atoms with Crippen LogP contribution in [0.4, 0.5) is 16.2 Å². The van der Waals surface area contributed by atoms with Crippen molar-refractivity contribution in [2.24, 2.45) is 0 Å². The number of carbonyl (C=O) groups excluding carboxylic acids is 3. The Morgan fingerprint density at radius 2 is 1.91 bits per heavy atom. The fraction of sp³-hybridized carbons (Fsp3) is 0.357. The molecule has 9 nitrogen and oxygen atoms in total. The average molecular weight is 320 g/mol. The van der Waals surface area contributed by atoms with Crippen molar-refractivity contribution in [2.45, 2.75) is 13.8 Å². The minimum absolute atomic E-state index is 0.0375. The summed E-state index contributed by atoms with van der Waals surface area (Å²) in [6, 6.07) is 2.29. The molecule has 0 aromatic heterocycles. The average Bonchev–Trinajstić information content (AvgIpc) is 2.69. The Kier molecular flexibility index (Phi) is 4.30. The number of hydrogen-bond donors (Lipinski definition) is 1. The maximum absolute atomic E-state index is 12.0. The number of nitro groups is 1. The monoisotopic (exact) mass is 320 g/mol. The normalized spacial score (nSPS) is 14.4. The lowest BCUT2D eigenvalue weighted by Gasteiger charge is -2.14. The van der Waals surface area contributed by atoms with E-state index in [0.717, 1.165) is 16.0 Å². The lowest BCUT2D eigenvalue weighted by molar-refractivity contribution is -0.384. The van der Waals surface area contributed by atoms with Crippen LogP contribution in [0.5, 0.6) is 0 Å². The van der Waals surface area contributed by atoms with Gasteiger partial charge in [-0.2, -0.15) is 0 Å². The number of likely N-dealkylation sites (N-methyl/N-ethyl adjacent to an activating group) is 1. The van der Waals surface area contributed by atoms with Gasteiger partial charge in [-0.3, -0.25) is 24.6 Å². The van der Waals surface area contributed by atoms with Crippen LogP contribution in [0.2, 0.25) is 0 Å². The summed E-state index contributed by atoms with van der Waals surface area (Å²) in [6.07, 6.45) is 0. The van der Waals surface area contributed by atoms with Crippen molar-refractivity contribution in [3.05, 3.63) is 33.4 Å². The molecule has 0 saturated carbocycles. The van der Waals surface area contributed by atoms with E-state index in [1.165, 1.54) is 24.1 Å². The molecule has 0 spiro atoms. The zero-order valence-electron chi connectivity index (χ0n) is 13.0. The molecule has 0 atom stereocenters. The van der Waals surface area contributed by atoms with Crippen LogP contribution in [-0.4, -0.2) is 52.7 Å². The van der Waals surface area contributed by atoms with Gasteiger partial charge < -0.3 is 10.2 Å². The number of rotatable bonds is 4. The maximum Gasteiger partial charge on any atom is 0.327 e. The van der Waals surface area contributed by atoms with Gasteiger partial charge in [0.2, 0.25) is 5.91 Å². The highest BCUT2D eigenvalue weighted by Gasteiger charge is 2.35. The summed E-state index contributed by atoms with van der Waals surface area (Å²) >= 11 is 0. The second-order valence-corrected chi connectivity index (χ2v) is 5.38. The first-order valence-electron chi connectivity index (χ1n) is 6.81. The summed E-state index contributed by atoms with van der Waals surface area (Å²) < 4.78 is 0. The largest absolute Gasteiger partial charge is 0.327 e. The molecule has 0 radical (unpaired) electrons. The van der Waals surface area contributed by atoms with E-state index >= 15 is 0 Å². The van der Waals surface area contributed by atoms with E-state index in [9.17, 15) is 24.5 Å². The number of carbonyl (C=O) groups is 3. The molecule has 1 aromatic rings. The second-order valence-electron chi connectivity index (χ2n) is 5.38. The molecule has 1 aromatic carbocycles. The van der Waals surface area contributed by atoms with Crippen molar-refractivity contribution >= 4 is 29.2 Å². The predicted octanol–water partition coefficient (Wildman–Crippen LogP) is 1.04. The minimum Gasteiger partial charge on any atom is -0.319 e. The van der Waals surface area contributed by atoms with E-state index in [1.54, 1.807) is 13.8 Å². The van der Waals surface area contributed by atoms with Crippen molar-refractivity contribution < 1.29 is 19.3 Å². The Bertz CT molecular complexity index is 715. The molecule has 23 heavy (non-hydrogen) atoms. The quantitative estimate of drug-likeness (QED) is 0.506. The topological polar surface area (TPSA) is 113 Å². The number of nitrogens with zero attached hydrogens (tertiary/aromatic N) is 3. The number of amides is 4. The van der Waals surface area contributed by atoms with Crippen LogP contribution in [0.15, 0.2) is 12.1 Å². The van der Waals surface area contributed by atoms with Crippen LogP contribution in [0.3, 0.4) is 0 Å². The van der Waals surface area contributed by atoms with Gasteiger partial charge in [0.1, 0.15) is 18.8 Å². The summed E-state index contributed by atoms with van der Waals surface area (Å²) in [6.45, 7) is 2.92. The third-order valence-corrected chi connectivity index (χ3v) is 3.62. The summed E-state index contributed by atoms with van der Waals surface area (Å²) in [7, 11) is 1.45. The van der Waals surface area contributed by atoms with Gasteiger partial charge in [-0.05, 0) is 31.0 Å². The highest BCUT2D eigenvalue weighted by atomic mass is 16.6. The van der Waals surface area contributed by atoms with E-state index < -0.39 is 29.3 Å². The van der Waals surface area contributed by atoms with Crippen molar-refractivity contribution in [2.75, 3.05) is 25.5 Å². The molecule has 0 unspecified atom stereocenters. The van der Waals surface area contributed by atoms with Crippen LogP contribution in [0.25, 0.3) is 0 Å². The van der Waals surface area contributed by atoms with E-state index in [0.29, 0.717) is 0 Å². The minimum atomic E-state index is -0.673. The van der Waals surface area contributed by atoms with E-state index in [1.807, 2.05) is 0 Å². The predicted molar refractivity (Wildman–Crippen MR) is 80.9 cm³/mol. The molecule has 1 saturated heterocycles. The molecule has 1 N–H and O–H groups in total. The summed E-state index contributed by atoms with van der Waals surface area (Å²) in [5, 5.41) is 13.5. The lowest BCUT2D eigenvalue weighted by atomic mass is 10.1. The third kappa shape index (κ3) is 3.28. The highest BCUT2D eigenvalue weighted by molar-refractivity contribution is 6.06. The number of urea groups is 1. The van der Waals surface area contributed by atoms with Gasteiger partial charge in [0.15, 0.2) is 0 Å². The van der Waals surface area contributed by atoms with Crippen molar-refractivity contribution in [3.63, 3.8) is 0 Å². The van der Waals surface area contributed by atoms with Crippen molar-refractivity contribution in [3.8, 4) is 0 Å². The molecule has 1 fully saturated rings. The van der Waals surface area contributed by atoms with Gasteiger partial charge in [-0.1, -0.05) is 0 Å². The molecule has 9 heteroatoms. The van der Waals surface area contributed by atoms with E-state index in [-0.39, 0.29) is 17.9 Å². The van der Waals surface area contributed by atoms with Gasteiger partial charge in [-0.15, -0.1) is 0 Å². The molecule has 0 bridgehead atoms. The standard InChI is InChI=1S/C14H16N4O5/c1-8-4-10(11(18(22)23)5-9(8)2)15-12(19)6-17-13(20)7-16(3)14(17)21/h4-5H,6-7H2,1-3H3,(H,15,19). The molecular weight excluding hydrogens is 304 g/mol. The van der Waals surface area contributed by atoms with Crippen molar-refractivity contribution in [1.82, 2.24) is 9.80 Å². The zero-order valence-corrected chi connectivity index (χ0v) is 13.0. The van der Waals surface area contributed by atoms with Gasteiger partial charge in [-0.25, -0.2) is 4.79 Å². The van der Waals surface area contributed by atoms with Gasteiger partial charge in [0.05, 0.1) is 4.92 Å². The Morgan fingerprint density at radius 3 is 2.43 bits per heavy atom. The Hall–Kier alpha value is -2.97. The van der Waals surface area contributed by atoms with Crippen molar-refractivity contribution in [1.29, 1.82) is 0 Å². The van der Waals surface area contributed by atoms with Gasteiger partial charge in [0, 0.05) is 13.1 Å². The summed E-state index contributed by atoms with van der Waals surface area (Å²) in [5.41, 5.74) is 1.30. The Labute approximate surface area is 132 Å². The number of benzene rings is 1. The number of nitro benzene ring substituents is 1. The van der Waals surface area contributed by atoms with E-state index in [2.05, 4.69) is 5.32 Å². The summed E-state index contributed by atoms with van der Waals surface area (Å²) in [5.74, 6) is -1.16. The van der Waals surface area contributed by atoms with Crippen LogP contribution >= 0.6 is 0 Å². The Morgan fingerprint density at radius 1 is 1.30 bits per heavy atom. The fourth-order valence-electron chi connectivity index (χ4n) is 2.21. The number of anilines is 1. The smallest absolute Gasteiger partial charge is 0.319 e. The van der Waals surface area contributed by atoms with Gasteiger partial charge in [0.25, 0.3) is 11.6 Å². The molecule has 122 valence electrons. The van der Waals surface area contributed by atoms with Crippen LogP contribution in [-0.2, 0) is 9.59 Å². The van der Waals surface area contributed by atoms with Crippen LogP contribution in [0, 0.1) is 24.0 Å². The molecular formula is C14H16N4O5. The number of imide groups is 1. The molecule has 2 rings (SSSR count). The number of hydrogen-bond acceptors (Lipinski definition) is 5. The van der Waals surface area contributed by atoms with E-state index in [4.69, 9.17) is 0 Å². The first kappa shape index (κ1) is 16.4. The molecule has 1 aliphatic heterocycles. The molecule has 1 aliphatic rings. The molecule has 4 amide bonds. The Balaban J connectivity index is 2.18. The maximum atomic E-state index is 12.0. The van der Waals surface area contributed by atoms with Gasteiger partial charge >= 0.3 is 6.03 Å². The second kappa shape index (κ2) is 6.03. The SMILES string of the molecule is Cc1cc(NC(=O)CN2C(=O)CN(C)C2=O)c([N+](=O)[O-])cc1C. The number of nitrogens with one attached hydrogen (secondary N) is 1. The molecule has 1 heterocycles. The molecule has 0 aliphatic carbocycles.